The van der Waals surface area contributed by atoms with Gasteiger partial charge >= 0.3 is 0 Å². The van der Waals surface area contributed by atoms with Crippen LogP contribution < -0.4 is 11.3 Å². The Bertz CT molecular complexity index is 340. The molecule has 1 aliphatic rings. The third kappa shape index (κ3) is 2.57. The average Bonchev–Trinajstić information content (AvgIpc) is 2.54. The first-order valence-electron chi connectivity index (χ1n) is 6.03. The van der Waals surface area contributed by atoms with Crippen LogP contribution in [-0.4, -0.2) is 6.04 Å². The van der Waals surface area contributed by atoms with E-state index in [4.69, 9.17) is 17.4 Å². The minimum absolute atomic E-state index is 0.363. The molecule has 3 N–H and O–H groups in total. The molecule has 0 spiro atoms. The highest BCUT2D eigenvalue weighted by Gasteiger charge is 2.25. The summed E-state index contributed by atoms with van der Waals surface area (Å²) in [5.41, 5.74) is 4.21. The van der Waals surface area contributed by atoms with E-state index in [-0.39, 0.29) is 0 Å². The second-order valence-electron chi connectivity index (χ2n) is 4.54. The molecule has 0 heterocycles. The van der Waals surface area contributed by atoms with Crippen LogP contribution in [0.2, 0.25) is 5.02 Å². The molecular formula is C13H19ClN2. The highest BCUT2D eigenvalue weighted by Crippen LogP contribution is 2.35. The molecule has 0 radical (unpaired) electrons. The van der Waals surface area contributed by atoms with Gasteiger partial charge in [-0.3, -0.25) is 11.3 Å². The second-order valence-corrected chi connectivity index (χ2v) is 4.95. The van der Waals surface area contributed by atoms with Gasteiger partial charge in [0.1, 0.15) is 0 Å². The lowest BCUT2D eigenvalue weighted by molar-refractivity contribution is 0.419. The molecule has 1 fully saturated rings. The molecule has 1 aromatic rings. The first kappa shape index (κ1) is 11.9. The molecule has 0 amide bonds. The van der Waals surface area contributed by atoms with Crippen molar-refractivity contribution in [2.24, 2.45) is 5.84 Å². The van der Waals surface area contributed by atoms with Gasteiger partial charge in [-0.15, -0.1) is 0 Å². The molecule has 0 bridgehead atoms. The maximum atomic E-state index is 6.26. The number of nitrogens with one attached hydrogen (secondary N) is 1. The van der Waals surface area contributed by atoms with E-state index in [0.717, 1.165) is 11.4 Å². The Kier molecular flexibility index (Phi) is 4.22. The van der Waals surface area contributed by atoms with Crippen molar-refractivity contribution in [3.63, 3.8) is 0 Å². The van der Waals surface area contributed by atoms with Crippen LogP contribution in [0.1, 0.15) is 43.6 Å². The maximum Gasteiger partial charge on any atom is 0.0441 e. The van der Waals surface area contributed by atoms with E-state index >= 15 is 0 Å². The number of hydrogen-bond acceptors (Lipinski definition) is 2. The zero-order chi connectivity index (χ0) is 11.4. The molecule has 3 heteroatoms. The largest absolute Gasteiger partial charge is 0.271 e. The first-order valence-corrected chi connectivity index (χ1v) is 6.41. The number of hydrogen-bond donors (Lipinski definition) is 2. The Morgan fingerprint density at radius 2 is 1.88 bits per heavy atom. The molecular weight excluding hydrogens is 220 g/mol. The van der Waals surface area contributed by atoms with E-state index in [1.165, 1.54) is 31.2 Å². The maximum absolute atomic E-state index is 6.26. The van der Waals surface area contributed by atoms with Crippen LogP contribution in [0, 0.1) is 0 Å². The van der Waals surface area contributed by atoms with Crippen LogP contribution in [0.4, 0.5) is 0 Å². The van der Waals surface area contributed by atoms with E-state index in [1.807, 2.05) is 12.1 Å². The van der Waals surface area contributed by atoms with Gasteiger partial charge in [-0.25, -0.2) is 0 Å². The zero-order valence-electron chi connectivity index (χ0n) is 9.45. The van der Waals surface area contributed by atoms with Crippen LogP contribution >= 0.6 is 11.6 Å². The number of nitrogens with two attached hydrogens (primary N) is 1. The van der Waals surface area contributed by atoms with Gasteiger partial charge in [0.05, 0.1) is 0 Å². The van der Waals surface area contributed by atoms with Crippen molar-refractivity contribution >= 4 is 11.6 Å². The minimum Gasteiger partial charge on any atom is -0.271 e. The van der Waals surface area contributed by atoms with Crippen molar-refractivity contribution in [1.29, 1.82) is 0 Å². The SMILES string of the molecule is NNC1CCCCCC1c1ccccc1Cl. The van der Waals surface area contributed by atoms with Crippen LogP contribution in [0.3, 0.4) is 0 Å². The van der Waals surface area contributed by atoms with Gasteiger partial charge in [-0.2, -0.15) is 0 Å². The molecule has 0 aromatic heterocycles. The number of hydrazine groups is 1. The Balaban J connectivity index is 2.25. The quantitative estimate of drug-likeness (QED) is 0.472. The number of rotatable bonds is 2. The summed E-state index contributed by atoms with van der Waals surface area (Å²) in [5, 5.41) is 0.870. The molecule has 2 unspecified atom stereocenters. The number of halogens is 1. The molecule has 1 aromatic carbocycles. The lowest BCUT2D eigenvalue weighted by atomic mass is 9.88. The van der Waals surface area contributed by atoms with E-state index in [2.05, 4.69) is 17.6 Å². The van der Waals surface area contributed by atoms with Crippen LogP contribution in [0.15, 0.2) is 24.3 Å². The standard InChI is InChI=1S/C13H19ClN2/c14-12-8-5-4-6-10(12)11-7-2-1-3-9-13(11)16-15/h4-6,8,11,13,16H,1-3,7,9,15H2. The third-order valence-corrected chi connectivity index (χ3v) is 3.88. The molecule has 2 rings (SSSR count). The van der Waals surface area contributed by atoms with Crippen molar-refractivity contribution in [3.05, 3.63) is 34.9 Å². The van der Waals surface area contributed by atoms with Crippen LogP contribution in [0.5, 0.6) is 0 Å². The van der Waals surface area contributed by atoms with E-state index in [1.54, 1.807) is 0 Å². The second kappa shape index (κ2) is 5.67. The van der Waals surface area contributed by atoms with Crippen molar-refractivity contribution in [2.45, 2.75) is 44.1 Å². The topological polar surface area (TPSA) is 38.0 Å². The molecule has 1 aliphatic carbocycles. The Hall–Kier alpha value is -0.570. The fraction of sp³-hybridized carbons (Fsp3) is 0.538. The smallest absolute Gasteiger partial charge is 0.0441 e. The number of benzene rings is 1. The molecule has 16 heavy (non-hydrogen) atoms. The molecule has 1 saturated carbocycles. The summed E-state index contributed by atoms with van der Waals surface area (Å²) in [6.45, 7) is 0. The monoisotopic (exact) mass is 238 g/mol. The Labute approximate surface area is 102 Å². The van der Waals surface area contributed by atoms with Gasteiger partial charge in [0.2, 0.25) is 0 Å². The molecule has 2 nitrogen and oxygen atoms in total. The van der Waals surface area contributed by atoms with Crippen molar-refractivity contribution in [3.8, 4) is 0 Å². The van der Waals surface area contributed by atoms with Crippen molar-refractivity contribution in [2.75, 3.05) is 0 Å². The third-order valence-electron chi connectivity index (χ3n) is 3.53. The van der Waals surface area contributed by atoms with Crippen LogP contribution in [-0.2, 0) is 0 Å². The van der Waals surface area contributed by atoms with Gasteiger partial charge in [0.25, 0.3) is 0 Å². The highest BCUT2D eigenvalue weighted by molar-refractivity contribution is 6.31. The van der Waals surface area contributed by atoms with E-state index in [0.29, 0.717) is 12.0 Å². The lowest BCUT2D eigenvalue weighted by Gasteiger charge is -2.25. The molecule has 88 valence electrons. The Morgan fingerprint density at radius 1 is 1.12 bits per heavy atom. The van der Waals surface area contributed by atoms with Crippen molar-refractivity contribution < 1.29 is 0 Å². The normalized spacial score (nSPS) is 26.4. The fourth-order valence-electron chi connectivity index (χ4n) is 2.66. The zero-order valence-corrected chi connectivity index (χ0v) is 10.2. The first-order chi connectivity index (χ1) is 7.83. The summed E-state index contributed by atoms with van der Waals surface area (Å²) in [7, 11) is 0. The van der Waals surface area contributed by atoms with Gasteiger partial charge in [0, 0.05) is 17.0 Å². The lowest BCUT2D eigenvalue weighted by Crippen LogP contribution is -2.39. The summed E-state index contributed by atoms with van der Waals surface area (Å²) in [6, 6.07) is 8.49. The summed E-state index contributed by atoms with van der Waals surface area (Å²) in [6.07, 6.45) is 6.16. The predicted octanol–water partition coefficient (Wildman–Crippen LogP) is 3.22. The van der Waals surface area contributed by atoms with Gasteiger partial charge in [-0.1, -0.05) is 49.1 Å². The van der Waals surface area contributed by atoms with Gasteiger partial charge < -0.3 is 0 Å². The van der Waals surface area contributed by atoms with Crippen LogP contribution in [0.25, 0.3) is 0 Å². The minimum atomic E-state index is 0.363. The predicted molar refractivity (Wildman–Crippen MR) is 68.4 cm³/mol. The molecule has 0 aliphatic heterocycles. The fourth-order valence-corrected chi connectivity index (χ4v) is 2.93. The summed E-state index contributed by atoms with van der Waals surface area (Å²) in [4.78, 5) is 0. The van der Waals surface area contributed by atoms with Gasteiger partial charge in [0.15, 0.2) is 0 Å². The highest BCUT2D eigenvalue weighted by atomic mass is 35.5. The molecule has 0 saturated heterocycles. The summed E-state index contributed by atoms with van der Waals surface area (Å²) < 4.78 is 0. The summed E-state index contributed by atoms with van der Waals surface area (Å²) >= 11 is 6.26. The Morgan fingerprint density at radius 3 is 2.62 bits per heavy atom. The molecule has 2 atom stereocenters. The van der Waals surface area contributed by atoms with Crippen molar-refractivity contribution in [1.82, 2.24) is 5.43 Å². The van der Waals surface area contributed by atoms with Gasteiger partial charge in [-0.05, 0) is 24.5 Å². The van der Waals surface area contributed by atoms with E-state index in [9.17, 15) is 0 Å². The summed E-state index contributed by atoms with van der Waals surface area (Å²) in [5.74, 6) is 6.12. The van der Waals surface area contributed by atoms with E-state index < -0.39 is 0 Å². The average molecular weight is 239 g/mol.